The van der Waals surface area contributed by atoms with Gasteiger partial charge >= 0.3 is 0 Å². The molecule has 1 aliphatic carbocycles. The van der Waals surface area contributed by atoms with Crippen LogP contribution >= 0.6 is 0 Å². The topological polar surface area (TPSA) is 88.2 Å². The number of nitrogens with two attached hydrogens (primary N) is 1. The van der Waals surface area contributed by atoms with E-state index in [-0.39, 0.29) is 17.7 Å². The molecule has 0 radical (unpaired) electrons. The average molecular weight is 263 g/mol. The van der Waals surface area contributed by atoms with Crippen LogP contribution < -0.4 is 5.73 Å². The summed E-state index contributed by atoms with van der Waals surface area (Å²) in [6, 6.07) is 7.11. The van der Waals surface area contributed by atoms with Crippen molar-refractivity contribution >= 4 is 11.7 Å². The van der Waals surface area contributed by atoms with Crippen molar-refractivity contribution in [1.82, 2.24) is 5.06 Å². The molecule has 2 rings (SSSR count). The summed E-state index contributed by atoms with van der Waals surface area (Å²) in [5, 5.41) is 12.9. The molecule has 1 amide bonds. The van der Waals surface area contributed by atoms with Gasteiger partial charge in [0, 0.05) is 11.5 Å². The average Bonchev–Trinajstić information content (AvgIpc) is 3.28. The monoisotopic (exact) mass is 263 g/mol. The molecule has 6 heteroatoms. The van der Waals surface area contributed by atoms with Crippen LogP contribution in [0.5, 0.6) is 0 Å². The Bertz CT molecular complexity index is 480. The Kier molecular flexibility index (Phi) is 4.01. The smallest absolute Gasteiger partial charge is 0.249 e. The predicted molar refractivity (Wildman–Crippen MR) is 69.2 cm³/mol. The summed E-state index contributed by atoms with van der Waals surface area (Å²) >= 11 is 0. The van der Waals surface area contributed by atoms with Gasteiger partial charge < -0.3 is 10.9 Å². The van der Waals surface area contributed by atoms with Crippen molar-refractivity contribution in [2.24, 2.45) is 16.8 Å². The number of carbonyl (C=O) groups excluding carboxylic acids is 1. The number of hydroxylamine groups is 2. The van der Waals surface area contributed by atoms with Crippen molar-refractivity contribution in [3.63, 3.8) is 0 Å². The normalized spacial score (nSPS) is 15.3. The SMILES string of the molecule is CON(Cc1ccc(C(N)=NO)cc1)C(=O)C1CC1. The Balaban J connectivity index is 2.03. The summed E-state index contributed by atoms with van der Waals surface area (Å²) < 4.78 is 0. The summed E-state index contributed by atoms with van der Waals surface area (Å²) in [5.41, 5.74) is 7.03. The van der Waals surface area contributed by atoms with E-state index in [1.54, 1.807) is 12.1 Å². The zero-order chi connectivity index (χ0) is 13.8. The van der Waals surface area contributed by atoms with Crippen molar-refractivity contribution in [3.8, 4) is 0 Å². The highest BCUT2D eigenvalue weighted by Gasteiger charge is 2.33. The Hall–Kier alpha value is -2.08. The minimum atomic E-state index is 0.0306. The van der Waals surface area contributed by atoms with Crippen LogP contribution in [0.2, 0.25) is 0 Å². The van der Waals surface area contributed by atoms with E-state index in [1.807, 2.05) is 12.1 Å². The molecule has 0 heterocycles. The van der Waals surface area contributed by atoms with Gasteiger partial charge in [0.2, 0.25) is 5.91 Å². The zero-order valence-electron chi connectivity index (χ0n) is 10.7. The third kappa shape index (κ3) is 3.23. The first-order chi connectivity index (χ1) is 9.15. The second-order valence-corrected chi connectivity index (χ2v) is 4.51. The van der Waals surface area contributed by atoms with Gasteiger partial charge in [-0.25, -0.2) is 5.06 Å². The van der Waals surface area contributed by atoms with Crippen LogP contribution in [0.15, 0.2) is 29.4 Å². The third-order valence-electron chi connectivity index (χ3n) is 3.08. The Labute approximate surface area is 111 Å². The molecular formula is C13H17N3O3. The second kappa shape index (κ2) is 5.71. The Morgan fingerprint density at radius 1 is 1.47 bits per heavy atom. The molecule has 0 bridgehead atoms. The van der Waals surface area contributed by atoms with E-state index in [9.17, 15) is 4.79 Å². The number of amides is 1. The molecule has 6 nitrogen and oxygen atoms in total. The quantitative estimate of drug-likeness (QED) is 0.360. The number of nitrogens with zero attached hydrogens (tertiary/aromatic N) is 2. The molecule has 1 aromatic carbocycles. The standard InChI is InChI=1S/C13H17N3O3/c1-19-16(13(17)11-6-7-11)8-9-2-4-10(5-3-9)12(14)15-18/h2-5,11,18H,6-8H2,1H3,(H2,14,15). The number of hydrogen-bond acceptors (Lipinski definition) is 4. The first-order valence-corrected chi connectivity index (χ1v) is 6.08. The number of benzene rings is 1. The van der Waals surface area contributed by atoms with Gasteiger partial charge in [-0.2, -0.15) is 0 Å². The number of amidine groups is 1. The lowest BCUT2D eigenvalue weighted by Crippen LogP contribution is -2.30. The summed E-state index contributed by atoms with van der Waals surface area (Å²) in [6.07, 6.45) is 1.89. The maximum atomic E-state index is 11.9. The molecule has 1 fully saturated rings. The molecule has 1 aromatic rings. The predicted octanol–water partition coefficient (Wildman–Crippen LogP) is 1.08. The molecule has 1 aliphatic rings. The highest BCUT2D eigenvalue weighted by Crippen LogP contribution is 2.31. The highest BCUT2D eigenvalue weighted by atomic mass is 16.7. The van der Waals surface area contributed by atoms with Crippen LogP contribution in [0.1, 0.15) is 24.0 Å². The number of oxime groups is 1. The number of rotatable bonds is 5. The zero-order valence-corrected chi connectivity index (χ0v) is 10.7. The Morgan fingerprint density at radius 2 is 2.11 bits per heavy atom. The summed E-state index contributed by atoms with van der Waals surface area (Å²) in [6.45, 7) is 0.391. The van der Waals surface area contributed by atoms with Crippen molar-refractivity contribution in [3.05, 3.63) is 35.4 Å². The molecule has 19 heavy (non-hydrogen) atoms. The molecular weight excluding hydrogens is 246 g/mol. The minimum absolute atomic E-state index is 0.0306. The van der Waals surface area contributed by atoms with Gasteiger partial charge in [0.05, 0.1) is 13.7 Å². The van der Waals surface area contributed by atoms with Crippen molar-refractivity contribution in [1.29, 1.82) is 0 Å². The van der Waals surface area contributed by atoms with Crippen LogP contribution in [0, 0.1) is 5.92 Å². The lowest BCUT2D eigenvalue weighted by Gasteiger charge is -2.19. The van der Waals surface area contributed by atoms with E-state index >= 15 is 0 Å². The fourth-order valence-electron chi connectivity index (χ4n) is 1.77. The molecule has 0 aliphatic heterocycles. The summed E-state index contributed by atoms with van der Waals surface area (Å²) in [7, 11) is 1.49. The van der Waals surface area contributed by atoms with E-state index < -0.39 is 0 Å². The molecule has 102 valence electrons. The van der Waals surface area contributed by atoms with E-state index in [0.717, 1.165) is 18.4 Å². The van der Waals surface area contributed by atoms with Gasteiger partial charge in [-0.15, -0.1) is 0 Å². The van der Waals surface area contributed by atoms with Gasteiger partial charge in [-0.3, -0.25) is 9.63 Å². The molecule has 0 spiro atoms. The van der Waals surface area contributed by atoms with Gasteiger partial charge in [0.15, 0.2) is 5.84 Å². The van der Waals surface area contributed by atoms with E-state index in [0.29, 0.717) is 12.1 Å². The van der Waals surface area contributed by atoms with E-state index in [4.69, 9.17) is 15.8 Å². The first-order valence-electron chi connectivity index (χ1n) is 6.08. The number of carbonyl (C=O) groups is 1. The highest BCUT2D eigenvalue weighted by molar-refractivity contribution is 5.96. The molecule has 3 N–H and O–H groups in total. The lowest BCUT2D eigenvalue weighted by molar-refractivity contribution is -0.180. The van der Waals surface area contributed by atoms with Crippen molar-refractivity contribution in [2.45, 2.75) is 19.4 Å². The van der Waals surface area contributed by atoms with Gasteiger partial charge in [0.25, 0.3) is 0 Å². The molecule has 0 saturated heterocycles. The van der Waals surface area contributed by atoms with Crippen LogP contribution in [-0.2, 0) is 16.2 Å². The van der Waals surface area contributed by atoms with Crippen LogP contribution in [-0.4, -0.2) is 29.1 Å². The van der Waals surface area contributed by atoms with Gasteiger partial charge in [0.1, 0.15) is 0 Å². The summed E-state index contributed by atoms with van der Waals surface area (Å²) in [4.78, 5) is 17.0. The maximum Gasteiger partial charge on any atom is 0.249 e. The van der Waals surface area contributed by atoms with Gasteiger partial charge in [-0.05, 0) is 18.4 Å². The third-order valence-corrected chi connectivity index (χ3v) is 3.08. The second-order valence-electron chi connectivity index (χ2n) is 4.51. The number of hydrogen-bond donors (Lipinski definition) is 2. The molecule has 1 saturated carbocycles. The van der Waals surface area contributed by atoms with Crippen LogP contribution in [0.3, 0.4) is 0 Å². The van der Waals surface area contributed by atoms with Crippen LogP contribution in [0.4, 0.5) is 0 Å². The fraction of sp³-hybridized carbons (Fsp3) is 0.385. The maximum absolute atomic E-state index is 11.9. The fourth-order valence-corrected chi connectivity index (χ4v) is 1.77. The molecule has 0 aromatic heterocycles. The Morgan fingerprint density at radius 3 is 2.58 bits per heavy atom. The van der Waals surface area contributed by atoms with Crippen molar-refractivity contribution in [2.75, 3.05) is 7.11 Å². The summed E-state index contributed by atoms with van der Waals surface area (Å²) in [5.74, 6) is 0.212. The van der Waals surface area contributed by atoms with E-state index in [2.05, 4.69) is 5.16 Å². The first kappa shape index (κ1) is 13.4. The van der Waals surface area contributed by atoms with Gasteiger partial charge in [-0.1, -0.05) is 29.4 Å². The largest absolute Gasteiger partial charge is 0.409 e. The minimum Gasteiger partial charge on any atom is -0.409 e. The van der Waals surface area contributed by atoms with E-state index in [1.165, 1.54) is 12.2 Å². The lowest BCUT2D eigenvalue weighted by atomic mass is 10.1. The molecule has 0 atom stereocenters. The van der Waals surface area contributed by atoms with Crippen LogP contribution in [0.25, 0.3) is 0 Å². The molecule has 0 unspecified atom stereocenters. The van der Waals surface area contributed by atoms with Crippen molar-refractivity contribution < 1.29 is 14.8 Å².